The average molecular weight is 226 g/mol. The molecular formula is C11H18N2O3. The summed E-state index contributed by atoms with van der Waals surface area (Å²) in [5.41, 5.74) is 0. The van der Waals surface area contributed by atoms with Crippen molar-refractivity contribution in [2.24, 2.45) is 0 Å². The van der Waals surface area contributed by atoms with Crippen molar-refractivity contribution in [1.29, 1.82) is 0 Å². The third-order valence-corrected chi connectivity index (χ3v) is 3.21. The van der Waals surface area contributed by atoms with Gasteiger partial charge in [-0.2, -0.15) is 0 Å². The van der Waals surface area contributed by atoms with Crippen LogP contribution in [0.4, 0.5) is 0 Å². The van der Waals surface area contributed by atoms with Crippen LogP contribution in [-0.4, -0.2) is 47.1 Å². The molecule has 0 aromatic heterocycles. The summed E-state index contributed by atoms with van der Waals surface area (Å²) in [7, 11) is 0. The van der Waals surface area contributed by atoms with Crippen molar-refractivity contribution < 1.29 is 14.7 Å². The normalized spacial score (nSPS) is 24.8. The number of carboxylic acid groups (broad SMARTS) is 1. The summed E-state index contributed by atoms with van der Waals surface area (Å²) in [5, 5.41) is 12.2. The van der Waals surface area contributed by atoms with E-state index in [1.807, 2.05) is 0 Å². The SMILES string of the molecule is O=C(O)[C@H]1CCCN1C(=O)CCNC1CC1. The van der Waals surface area contributed by atoms with Crippen LogP contribution in [0.1, 0.15) is 32.1 Å². The van der Waals surface area contributed by atoms with Crippen molar-refractivity contribution >= 4 is 11.9 Å². The number of rotatable bonds is 5. The average Bonchev–Trinajstić information content (AvgIpc) is 2.93. The number of likely N-dealkylation sites (tertiary alicyclic amines) is 1. The number of nitrogens with zero attached hydrogens (tertiary/aromatic N) is 1. The van der Waals surface area contributed by atoms with E-state index in [1.165, 1.54) is 17.7 Å². The van der Waals surface area contributed by atoms with Gasteiger partial charge in [0.1, 0.15) is 6.04 Å². The third-order valence-electron chi connectivity index (χ3n) is 3.21. The first kappa shape index (κ1) is 11.4. The van der Waals surface area contributed by atoms with E-state index >= 15 is 0 Å². The van der Waals surface area contributed by atoms with Crippen molar-refractivity contribution in [3.8, 4) is 0 Å². The maximum atomic E-state index is 11.8. The lowest BCUT2D eigenvalue weighted by atomic mass is 10.2. The molecule has 0 bridgehead atoms. The van der Waals surface area contributed by atoms with Gasteiger partial charge in [-0.3, -0.25) is 4.79 Å². The van der Waals surface area contributed by atoms with Gasteiger partial charge in [0.2, 0.25) is 5.91 Å². The molecule has 2 rings (SSSR count). The predicted molar refractivity (Wildman–Crippen MR) is 58.0 cm³/mol. The van der Waals surface area contributed by atoms with Crippen molar-refractivity contribution in [2.45, 2.75) is 44.2 Å². The Labute approximate surface area is 94.8 Å². The molecule has 5 heteroatoms. The number of carbonyl (C=O) groups excluding carboxylic acids is 1. The first-order chi connectivity index (χ1) is 7.68. The molecule has 1 saturated carbocycles. The van der Waals surface area contributed by atoms with E-state index < -0.39 is 12.0 Å². The number of aliphatic carboxylic acids is 1. The molecule has 1 aliphatic heterocycles. The van der Waals surface area contributed by atoms with Gasteiger partial charge in [-0.25, -0.2) is 4.79 Å². The number of hydrogen-bond acceptors (Lipinski definition) is 3. The zero-order valence-electron chi connectivity index (χ0n) is 9.32. The van der Waals surface area contributed by atoms with Crippen LogP contribution in [0.2, 0.25) is 0 Å². The molecule has 2 N–H and O–H groups in total. The fourth-order valence-electron chi connectivity index (χ4n) is 2.14. The van der Waals surface area contributed by atoms with Gasteiger partial charge in [-0.15, -0.1) is 0 Å². The van der Waals surface area contributed by atoms with Crippen LogP contribution in [-0.2, 0) is 9.59 Å². The van der Waals surface area contributed by atoms with Crippen molar-refractivity contribution in [3.63, 3.8) is 0 Å². The lowest BCUT2D eigenvalue weighted by Gasteiger charge is -2.21. The summed E-state index contributed by atoms with van der Waals surface area (Å²) in [4.78, 5) is 24.2. The molecule has 0 aromatic rings. The summed E-state index contributed by atoms with van der Waals surface area (Å²) >= 11 is 0. The van der Waals surface area contributed by atoms with Crippen molar-refractivity contribution in [3.05, 3.63) is 0 Å². The molecule has 0 radical (unpaired) electrons. The topological polar surface area (TPSA) is 69.6 Å². The smallest absolute Gasteiger partial charge is 0.326 e. The summed E-state index contributed by atoms with van der Waals surface area (Å²) in [6, 6.07) is 0.00933. The number of amides is 1. The van der Waals surface area contributed by atoms with Crippen LogP contribution >= 0.6 is 0 Å². The highest BCUT2D eigenvalue weighted by Crippen LogP contribution is 2.20. The molecule has 1 saturated heterocycles. The predicted octanol–water partition coefficient (Wildman–Crippen LogP) is 0.204. The zero-order chi connectivity index (χ0) is 11.5. The third kappa shape index (κ3) is 2.72. The highest BCUT2D eigenvalue weighted by molar-refractivity contribution is 5.84. The van der Waals surface area contributed by atoms with Gasteiger partial charge in [-0.05, 0) is 25.7 Å². The summed E-state index contributed by atoms with van der Waals surface area (Å²) in [6.07, 6.45) is 4.22. The minimum atomic E-state index is -0.874. The van der Waals surface area contributed by atoms with Crippen LogP contribution < -0.4 is 5.32 Å². The Bertz CT molecular complexity index is 289. The van der Waals surface area contributed by atoms with Crippen LogP contribution in [0.15, 0.2) is 0 Å². The molecule has 5 nitrogen and oxygen atoms in total. The van der Waals surface area contributed by atoms with Crippen LogP contribution in [0.25, 0.3) is 0 Å². The highest BCUT2D eigenvalue weighted by Gasteiger charge is 2.33. The van der Waals surface area contributed by atoms with Gasteiger partial charge in [0.05, 0.1) is 0 Å². The molecule has 2 fully saturated rings. The van der Waals surface area contributed by atoms with Gasteiger partial charge >= 0.3 is 5.97 Å². The van der Waals surface area contributed by atoms with E-state index in [-0.39, 0.29) is 5.91 Å². The Kier molecular flexibility index (Phi) is 3.43. The second-order valence-electron chi connectivity index (χ2n) is 4.56. The van der Waals surface area contributed by atoms with E-state index in [1.54, 1.807) is 0 Å². The molecule has 1 amide bonds. The molecule has 1 aliphatic carbocycles. The molecule has 90 valence electrons. The highest BCUT2D eigenvalue weighted by atomic mass is 16.4. The van der Waals surface area contributed by atoms with Crippen LogP contribution in [0.5, 0.6) is 0 Å². The Morgan fingerprint density at radius 1 is 1.31 bits per heavy atom. The molecule has 2 aliphatic rings. The number of carbonyl (C=O) groups is 2. The lowest BCUT2D eigenvalue weighted by Crippen LogP contribution is -2.41. The minimum Gasteiger partial charge on any atom is -0.480 e. The molecule has 0 spiro atoms. The number of nitrogens with one attached hydrogen (secondary N) is 1. The largest absolute Gasteiger partial charge is 0.480 e. The molecule has 1 atom stereocenters. The molecular weight excluding hydrogens is 208 g/mol. The summed E-state index contributed by atoms with van der Waals surface area (Å²) in [6.45, 7) is 1.27. The van der Waals surface area contributed by atoms with E-state index in [9.17, 15) is 9.59 Å². The standard InChI is InChI=1S/C11H18N2O3/c14-10(5-6-12-8-3-4-8)13-7-1-2-9(13)11(15)16/h8-9,12H,1-7H2,(H,15,16)/t9-/m1/s1. The number of hydrogen-bond donors (Lipinski definition) is 2. The first-order valence-corrected chi connectivity index (χ1v) is 5.94. The molecule has 0 aromatic carbocycles. The quantitative estimate of drug-likeness (QED) is 0.703. The summed E-state index contributed by atoms with van der Waals surface area (Å²) in [5.74, 6) is -0.904. The van der Waals surface area contributed by atoms with Gasteiger partial charge in [0.15, 0.2) is 0 Å². The van der Waals surface area contributed by atoms with E-state index in [0.29, 0.717) is 32.0 Å². The monoisotopic (exact) mass is 226 g/mol. The Balaban J connectivity index is 1.75. The maximum absolute atomic E-state index is 11.8. The second-order valence-corrected chi connectivity index (χ2v) is 4.56. The Morgan fingerprint density at radius 3 is 2.69 bits per heavy atom. The van der Waals surface area contributed by atoms with Crippen molar-refractivity contribution in [2.75, 3.05) is 13.1 Å². The fourth-order valence-corrected chi connectivity index (χ4v) is 2.14. The maximum Gasteiger partial charge on any atom is 0.326 e. The van der Waals surface area contributed by atoms with Crippen molar-refractivity contribution in [1.82, 2.24) is 10.2 Å². The molecule has 16 heavy (non-hydrogen) atoms. The lowest BCUT2D eigenvalue weighted by molar-refractivity contribution is -0.148. The first-order valence-electron chi connectivity index (χ1n) is 5.94. The van der Waals surface area contributed by atoms with Gasteiger partial charge in [-0.1, -0.05) is 0 Å². The Morgan fingerprint density at radius 2 is 2.06 bits per heavy atom. The minimum absolute atomic E-state index is 0.0296. The fraction of sp³-hybridized carbons (Fsp3) is 0.818. The Hall–Kier alpha value is -1.10. The molecule has 0 unspecified atom stereocenters. The zero-order valence-corrected chi connectivity index (χ0v) is 9.32. The molecule has 1 heterocycles. The second kappa shape index (κ2) is 4.82. The van der Waals surface area contributed by atoms with E-state index in [2.05, 4.69) is 5.32 Å². The van der Waals surface area contributed by atoms with Crippen LogP contribution in [0, 0.1) is 0 Å². The van der Waals surface area contributed by atoms with E-state index in [4.69, 9.17) is 5.11 Å². The number of carboxylic acids is 1. The van der Waals surface area contributed by atoms with E-state index in [0.717, 1.165) is 6.42 Å². The van der Waals surface area contributed by atoms with Gasteiger partial charge in [0, 0.05) is 25.6 Å². The van der Waals surface area contributed by atoms with Gasteiger partial charge in [0.25, 0.3) is 0 Å². The van der Waals surface area contributed by atoms with Gasteiger partial charge < -0.3 is 15.3 Å². The van der Waals surface area contributed by atoms with Crippen LogP contribution in [0.3, 0.4) is 0 Å². The summed E-state index contributed by atoms with van der Waals surface area (Å²) < 4.78 is 0.